The van der Waals surface area contributed by atoms with Crippen LogP contribution < -0.4 is 0 Å². The summed E-state index contributed by atoms with van der Waals surface area (Å²) in [7, 11) is 0. The third-order valence-corrected chi connectivity index (χ3v) is 1.95. The Morgan fingerprint density at radius 3 is 2.57 bits per heavy atom. The minimum Gasteiger partial charge on any atom is -0.300 e. The Kier molecular flexibility index (Phi) is 3.36. The molecule has 0 N–H and O–H groups in total. The molecule has 0 saturated heterocycles. The Balaban J connectivity index is 2.96. The summed E-state index contributed by atoms with van der Waals surface area (Å²) in [6, 6.07) is 3.47. The Labute approximate surface area is 85.7 Å². The summed E-state index contributed by atoms with van der Waals surface area (Å²) in [5.74, 6) is -1.13. The molecule has 0 atom stereocenters. The van der Waals surface area contributed by atoms with Crippen molar-refractivity contribution >= 4 is 23.2 Å². The van der Waals surface area contributed by atoms with Gasteiger partial charge in [0.2, 0.25) is 0 Å². The predicted octanol–water partition coefficient (Wildman–Crippen LogP) is 2.64. The zero-order valence-electron chi connectivity index (χ0n) is 7.51. The summed E-state index contributed by atoms with van der Waals surface area (Å²) >= 11 is 5.64. The molecule has 0 spiro atoms. The number of hydrogen-bond acceptors (Lipinski definition) is 2. The summed E-state index contributed by atoms with van der Waals surface area (Å²) in [5, 5.41) is 0.0382. The van der Waals surface area contributed by atoms with Gasteiger partial charge in [0.25, 0.3) is 0 Å². The van der Waals surface area contributed by atoms with Crippen LogP contribution >= 0.6 is 11.6 Å². The van der Waals surface area contributed by atoms with E-state index in [1.807, 2.05) is 0 Å². The van der Waals surface area contributed by atoms with Gasteiger partial charge in [-0.2, -0.15) is 0 Å². The lowest BCUT2D eigenvalue weighted by atomic mass is 10.1. The van der Waals surface area contributed by atoms with E-state index in [4.69, 9.17) is 11.6 Å². The van der Waals surface area contributed by atoms with E-state index in [-0.39, 0.29) is 28.6 Å². The first-order valence-corrected chi connectivity index (χ1v) is 4.36. The van der Waals surface area contributed by atoms with Crippen molar-refractivity contribution in [2.24, 2.45) is 0 Å². The number of carbonyl (C=O) groups is 2. The van der Waals surface area contributed by atoms with Crippen molar-refractivity contribution in [3.05, 3.63) is 34.6 Å². The van der Waals surface area contributed by atoms with Crippen LogP contribution in [0, 0.1) is 5.82 Å². The minimum absolute atomic E-state index is 0.0382. The van der Waals surface area contributed by atoms with Crippen molar-refractivity contribution in [2.45, 2.75) is 13.3 Å². The number of ketones is 2. The average molecular weight is 215 g/mol. The summed E-state index contributed by atoms with van der Waals surface area (Å²) < 4.78 is 12.6. The Morgan fingerprint density at radius 1 is 1.43 bits per heavy atom. The van der Waals surface area contributed by atoms with Crippen LogP contribution in [-0.4, -0.2) is 11.6 Å². The molecular formula is C10H8ClFO2. The molecule has 0 bridgehead atoms. The first-order chi connectivity index (χ1) is 6.50. The van der Waals surface area contributed by atoms with Crippen molar-refractivity contribution in [2.75, 3.05) is 0 Å². The van der Waals surface area contributed by atoms with Crippen molar-refractivity contribution in [3.8, 4) is 0 Å². The van der Waals surface area contributed by atoms with Crippen LogP contribution in [0.15, 0.2) is 18.2 Å². The van der Waals surface area contributed by atoms with Gasteiger partial charge < -0.3 is 0 Å². The maximum atomic E-state index is 12.6. The van der Waals surface area contributed by atoms with Gasteiger partial charge in [-0.15, -0.1) is 0 Å². The van der Waals surface area contributed by atoms with Gasteiger partial charge >= 0.3 is 0 Å². The predicted molar refractivity (Wildman–Crippen MR) is 51.0 cm³/mol. The molecule has 0 aliphatic rings. The molecule has 0 radical (unpaired) electrons. The topological polar surface area (TPSA) is 34.1 Å². The van der Waals surface area contributed by atoms with E-state index in [0.717, 1.165) is 12.1 Å². The number of halogens is 2. The van der Waals surface area contributed by atoms with Gasteiger partial charge in [0.15, 0.2) is 5.78 Å². The highest BCUT2D eigenvalue weighted by Crippen LogP contribution is 2.18. The zero-order valence-corrected chi connectivity index (χ0v) is 8.27. The fraction of sp³-hybridized carbons (Fsp3) is 0.200. The van der Waals surface area contributed by atoms with Gasteiger partial charge in [0.05, 0.1) is 11.4 Å². The van der Waals surface area contributed by atoms with Crippen LogP contribution in [0.25, 0.3) is 0 Å². The molecule has 14 heavy (non-hydrogen) atoms. The van der Waals surface area contributed by atoms with E-state index in [0.29, 0.717) is 0 Å². The molecular weight excluding hydrogens is 207 g/mol. The van der Waals surface area contributed by atoms with Gasteiger partial charge in [0, 0.05) is 5.56 Å². The molecule has 0 fully saturated rings. The second-order valence-corrected chi connectivity index (χ2v) is 3.33. The van der Waals surface area contributed by atoms with Gasteiger partial charge in [0.1, 0.15) is 11.6 Å². The van der Waals surface area contributed by atoms with Crippen LogP contribution in [0.1, 0.15) is 23.7 Å². The Bertz CT molecular complexity index is 388. The largest absolute Gasteiger partial charge is 0.300 e. The van der Waals surface area contributed by atoms with Gasteiger partial charge in [-0.05, 0) is 25.1 Å². The van der Waals surface area contributed by atoms with E-state index in [1.165, 1.54) is 13.0 Å². The van der Waals surface area contributed by atoms with Crippen molar-refractivity contribution in [1.29, 1.82) is 0 Å². The lowest BCUT2D eigenvalue weighted by Crippen LogP contribution is -2.05. The van der Waals surface area contributed by atoms with Crippen LogP contribution in [0.3, 0.4) is 0 Å². The zero-order chi connectivity index (χ0) is 10.7. The second kappa shape index (κ2) is 4.33. The van der Waals surface area contributed by atoms with Gasteiger partial charge in [-0.3, -0.25) is 9.59 Å². The molecule has 1 rings (SSSR count). The molecule has 0 unspecified atom stereocenters. The summed E-state index contributed by atoms with van der Waals surface area (Å²) in [6.07, 6.45) is -0.203. The molecule has 0 aromatic heterocycles. The number of rotatable bonds is 3. The van der Waals surface area contributed by atoms with Crippen molar-refractivity contribution < 1.29 is 14.0 Å². The molecule has 1 aromatic carbocycles. The maximum Gasteiger partial charge on any atom is 0.171 e. The molecule has 0 aliphatic heterocycles. The number of benzene rings is 1. The first-order valence-electron chi connectivity index (χ1n) is 3.98. The SMILES string of the molecule is CC(=O)CC(=O)c1ccc(F)cc1Cl. The molecule has 0 heterocycles. The van der Waals surface area contributed by atoms with E-state index >= 15 is 0 Å². The van der Waals surface area contributed by atoms with Crippen molar-refractivity contribution in [3.63, 3.8) is 0 Å². The highest BCUT2D eigenvalue weighted by Gasteiger charge is 2.12. The van der Waals surface area contributed by atoms with E-state index in [2.05, 4.69) is 0 Å². The number of carbonyl (C=O) groups excluding carboxylic acids is 2. The fourth-order valence-corrected chi connectivity index (χ4v) is 1.31. The minimum atomic E-state index is -0.505. The fourth-order valence-electron chi connectivity index (χ4n) is 1.04. The standard InChI is InChI=1S/C10H8ClFO2/c1-6(13)4-10(14)8-3-2-7(12)5-9(8)11/h2-3,5H,4H2,1H3. The summed E-state index contributed by atoms with van der Waals surface area (Å²) in [6.45, 7) is 1.31. The van der Waals surface area contributed by atoms with E-state index < -0.39 is 5.82 Å². The quantitative estimate of drug-likeness (QED) is 0.573. The summed E-state index contributed by atoms with van der Waals surface area (Å²) in [4.78, 5) is 22.0. The molecule has 74 valence electrons. The normalized spacial score (nSPS) is 9.93. The lowest BCUT2D eigenvalue weighted by molar-refractivity contribution is -0.116. The number of Topliss-reactive ketones (excluding diaryl/α,β-unsaturated/α-hetero) is 2. The smallest absolute Gasteiger partial charge is 0.171 e. The lowest BCUT2D eigenvalue weighted by Gasteiger charge is -2.01. The molecule has 2 nitrogen and oxygen atoms in total. The molecule has 0 amide bonds. The third kappa shape index (κ3) is 2.64. The monoisotopic (exact) mass is 214 g/mol. The van der Waals surface area contributed by atoms with Crippen LogP contribution in [0.5, 0.6) is 0 Å². The summed E-state index contributed by atoms with van der Waals surface area (Å²) in [5.41, 5.74) is 0.184. The van der Waals surface area contributed by atoms with E-state index in [9.17, 15) is 14.0 Å². The first kappa shape index (κ1) is 10.9. The Morgan fingerprint density at radius 2 is 2.07 bits per heavy atom. The second-order valence-electron chi connectivity index (χ2n) is 2.93. The molecule has 4 heteroatoms. The highest BCUT2D eigenvalue weighted by atomic mass is 35.5. The number of hydrogen-bond donors (Lipinski definition) is 0. The third-order valence-electron chi connectivity index (χ3n) is 1.64. The van der Waals surface area contributed by atoms with Crippen LogP contribution in [-0.2, 0) is 4.79 Å². The van der Waals surface area contributed by atoms with Crippen LogP contribution in [0.4, 0.5) is 4.39 Å². The molecule has 1 aromatic rings. The van der Waals surface area contributed by atoms with Crippen LogP contribution in [0.2, 0.25) is 5.02 Å². The van der Waals surface area contributed by atoms with Gasteiger partial charge in [-0.25, -0.2) is 4.39 Å². The van der Waals surface area contributed by atoms with Crippen molar-refractivity contribution in [1.82, 2.24) is 0 Å². The molecule has 0 aliphatic carbocycles. The Hall–Kier alpha value is -1.22. The van der Waals surface area contributed by atoms with Gasteiger partial charge in [-0.1, -0.05) is 11.6 Å². The average Bonchev–Trinajstić information content (AvgIpc) is 2.01. The van der Waals surface area contributed by atoms with E-state index in [1.54, 1.807) is 0 Å². The molecule has 0 saturated carbocycles. The maximum absolute atomic E-state index is 12.6. The highest BCUT2D eigenvalue weighted by molar-refractivity contribution is 6.34.